The SMILES string of the molecule is Cc1cc(S(=O)O)c(C)c(C)c1C.[H-].[Na+]. The van der Waals surface area contributed by atoms with Crippen LogP contribution in [0, 0.1) is 27.7 Å². The van der Waals surface area contributed by atoms with Crippen LogP contribution < -0.4 is 29.6 Å². The molecule has 0 saturated carbocycles. The van der Waals surface area contributed by atoms with E-state index >= 15 is 0 Å². The van der Waals surface area contributed by atoms with Crippen LogP contribution >= 0.6 is 0 Å². The monoisotopic (exact) mass is 222 g/mol. The summed E-state index contributed by atoms with van der Waals surface area (Å²) in [5.41, 5.74) is 4.30. The minimum atomic E-state index is -1.87. The van der Waals surface area contributed by atoms with Gasteiger partial charge in [0.15, 0.2) is 11.1 Å². The molecule has 1 rings (SSSR count). The standard InChI is InChI=1S/C10H14O2S.Na.H/c1-6-5-10(13(11)12)9(4)8(3)7(6)2;;/h5H,1-4H3,(H,11,12);;/q;+1;-1. The van der Waals surface area contributed by atoms with Gasteiger partial charge in [0.1, 0.15) is 0 Å². The molecule has 0 aromatic heterocycles. The van der Waals surface area contributed by atoms with E-state index in [4.69, 9.17) is 4.55 Å². The second-order valence-electron chi connectivity index (χ2n) is 3.32. The molecule has 0 fully saturated rings. The van der Waals surface area contributed by atoms with Crippen molar-refractivity contribution >= 4 is 11.1 Å². The van der Waals surface area contributed by atoms with Crippen LogP contribution in [-0.2, 0) is 11.1 Å². The van der Waals surface area contributed by atoms with Crippen LogP contribution in [0.4, 0.5) is 0 Å². The molecule has 1 aromatic rings. The number of rotatable bonds is 1. The van der Waals surface area contributed by atoms with Crippen molar-refractivity contribution in [2.45, 2.75) is 32.6 Å². The molecule has 74 valence electrons. The Labute approximate surface area is 111 Å². The first kappa shape index (κ1) is 14.3. The van der Waals surface area contributed by atoms with Gasteiger partial charge in [0.25, 0.3) is 0 Å². The second kappa shape index (κ2) is 5.42. The van der Waals surface area contributed by atoms with E-state index in [9.17, 15) is 4.21 Å². The van der Waals surface area contributed by atoms with Gasteiger partial charge in [-0.3, -0.25) is 0 Å². The van der Waals surface area contributed by atoms with Gasteiger partial charge < -0.3 is 5.98 Å². The molecule has 0 heterocycles. The Balaban J connectivity index is 0. The van der Waals surface area contributed by atoms with Crippen LogP contribution in [-0.4, -0.2) is 8.76 Å². The van der Waals surface area contributed by atoms with Gasteiger partial charge in [-0.25, -0.2) is 4.21 Å². The third-order valence-electron chi connectivity index (χ3n) is 2.62. The van der Waals surface area contributed by atoms with Gasteiger partial charge in [-0.2, -0.15) is 0 Å². The molecular weight excluding hydrogens is 207 g/mol. The summed E-state index contributed by atoms with van der Waals surface area (Å²) in [6, 6.07) is 1.79. The first-order chi connectivity index (χ1) is 5.95. The average Bonchev–Trinajstić information content (AvgIpc) is 2.07. The van der Waals surface area contributed by atoms with Crippen molar-refractivity contribution in [2.24, 2.45) is 0 Å². The molecule has 0 aliphatic heterocycles. The smallest absolute Gasteiger partial charge is 1.00 e. The molecule has 2 nitrogen and oxygen atoms in total. The Morgan fingerprint density at radius 1 is 1.14 bits per heavy atom. The maximum atomic E-state index is 10.9. The van der Waals surface area contributed by atoms with E-state index in [0.717, 1.165) is 16.7 Å². The predicted octanol–water partition coefficient (Wildman–Crippen LogP) is -0.383. The van der Waals surface area contributed by atoms with E-state index in [1.807, 2.05) is 27.7 Å². The van der Waals surface area contributed by atoms with Crippen LogP contribution in [0.3, 0.4) is 0 Å². The molecule has 0 radical (unpaired) electrons. The predicted molar refractivity (Wildman–Crippen MR) is 55.5 cm³/mol. The molecule has 0 aliphatic carbocycles. The maximum Gasteiger partial charge on any atom is 1.00 e. The number of hydrogen-bond donors (Lipinski definition) is 1. The van der Waals surface area contributed by atoms with Crippen LogP contribution in [0.2, 0.25) is 0 Å². The quantitative estimate of drug-likeness (QED) is 0.519. The van der Waals surface area contributed by atoms with Gasteiger partial charge in [0, 0.05) is 0 Å². The summed E-state index contributed by atoms with van der Waals surface area (Å²) in [6.07, 6.45) is 0. The summed E-state index contributed by atoms with van der Waals surface area (Å²) in [7, 11) is 0. The van der Waals surface area contributed by atoms with Crippen LogP contribution in [0.5, 0.6) is 0 Å². The Kier molecular flexibility index (Phi) is 5.55. The van der Waals surface area contributed by atoms with Crippen molar-refractivity contribution < 1.29 is 39.7 Å². The van der Waals surface area contributed by atoms with Crippen LogP contribution in [0.15, 0.2) is 11.0 Å². The Bertz CT molecular complexity index is 380. The first-order valence-electron chi connectivity index (χ1n) is 4.13. The van der Waals surface area contributed by atoms with Gasteiger partial charge in [0.05, 0.1) is 4.90 Å². The Morgan fingerprint density at radius 3 is 2.07 bits per heavy atom. The molecule has 4 heteroatoms. The molecular formula is C10H15NaO2S. The summed E-state index contributed by atoms with van der Waals surface area (Å²) < 4.78 is 20.0. The summed E-state index contributed by atoms with van der Waals surface area (Å²) in [6.45, 7) is 7.85. The van der Waals surface area contributed by atoms with Crippen molar-refractivity contribution in [3.05, 3.63) is 28.3 Å². The van der Waals surface area contributed by atoms with Gasteiger partial charge in [-0.15, -0.1) is 0 Å². The van der Waals surface area contributed by atoms with Gasteiger partial charge >= 0.3 is 29.6 Å². The summed E-state index contributed by atoms with van der Waals surface area (Å²) >= 11 is -1.87. The molecule has 0 saturated heterocycles. The van der Waals surface area contributed by atoms with Crippen molar-refractivity contribution in [3.63, 3.8) is 0 Å². The average molecular weight is 222 g/mol. The van der Waals surface area contributed by atoms with E-state index in [-0.39, 0.29) is 31.0 Å². The molecule has 0 bridgehead atoms. The van der Waals surface area contributed by atoms with E-state index in [2.05, 4.69) is 0 Å². The van der Waals surface area contributed by atoms with E-state index in [0.29, 0.717) is 4.90 Å². The molecule has 14 heavy (non-hydrogen) atoms. The normalized spacial score (nSPS) is 12.1. The van der Waals surface area contributed by atoms with Crippen LogP contribution in [0.1, 0.15) is 23.7 Å². The zero-order valence-corrected chi connectivity index (χ0v) is 12.2. The molecule has 1 N–H and O–H groups in total. The molecule has 0 amide bonds. The zero-order chi connectivity index (χ0) is 10.2. The third-order valence-corrected chi connectivity index (χ3v) is 3.42. The first-order valence-corrected chi connectivity index (χ1v) is 5.24. The van der Waals surface area contributed by atoms with Gasteiger partial charge in [-0.1, -0.05) is 0 Å². The fourth-order valence-electron chi connectivity index (χ4n) is 1.36. The van der Waals surface area contributed by atoms with Gasteiger partial charge in [0.2, 0.25) is 0 Å². The number of benzene rings is 1. The molecule has 1 unspecified atom stereocenters. The van der Waals surface area contributed by atoms with Crippen molar-refractivity contribution in [1.29, 1.82) is 0 Å². The third kappa shape index (κ3) is 2.67. The molecule has 0 aliphatic rings. The fraction of sp³-hybridized carbons (Fsp3) is 0.400. The number of hydrogen-bond acceptors (Lipinski definition) is 1. The van der Waals surface area contributed by atoms with E-state index in [1.165, 1.54) is 5.56 Å². The van der Waals surface area contributed by atoms with Crippen molar-refractivity contribution in [1.82, 2.24) is 0 Å². The molecule has 1 aromatic carbocycles. The van der Waals surface area contributed by atoms with E-state index in [1.54, 1.807) is 6.07 Å². The van der Waals surface area contributed by atoms with Gasteiger partial charge in [-0.05, 0) is 56.0 Å². The fourth-order valence-corrected chi connectivity index (χ4v) is 2.05. The van der Waals surface area contributed by atoms with Crippen molar-refractivity contribution in [3.8, 4) is 0 Å². The minimum Gasteiger partial charge on any atom is -1.00 e. The molecule has 0 spiro atoms. The Morgan fingerprint density at radius 2 is 1.64 bits per heavy atom. The Hall–Kier alpha value is 0.330. The number of aryl methyl sites for hydroxylation is 1. The topological polar surface area (TPSA) is 37.3 Å². The van der Waals surface area contributed by atoms with Crippen molar-refractivity contribution in [2.75, 3.05) is 0 Å². The summed E-state index contributed by atoms with van der Waals surface area (Å²) in [5, 5.41) is 0. The molecule has 1 atom stereocenters. The maximum absolute atomic E-state index is 10.9. The second-order valence-corrected chi connectivity index (χ2v) is 4.25. The zero-order valence-electron chi connectivity index (χ0n) is 10.3. The van der Waals surface area contributed by atoms with Crippen LogP contribution in [0.25, 0.3) is 0 Å². The largest absolute Gasteiger partial charge is 1.00 e. The van der Waals surface area contributed by atoms with E-state index < -0.39 is 11.1 Å². The minimum absolute atomic E-state index is 0. The summed E-state index contributed by atoms with van der Waals surface area (Å²) in [4.78, 5) is 0.528. The summed E-state index contributed by atoms with van der Waals surface area (Å²) in [5.74, 6) is 0.